The van der Waals surface area contributed by atoms with Gasteiger partial charge in [-0.05, 0) is 69.2 Å². The molecule has 154 valence electrons. The van der Waals surface area contributed by atoms with Crippen molar-refractivity contribution in [2.45, 2.75) is 45.1 Å². The number of aromatic nitrogens is 1. The van der Waals surface area contributed by atoms with Gasteiger partial charge in [-0.1, -0.05) is 0 Å². The quantitative estimate of drug-likeness (QED) is 0.864. The average molecular weight is 397 g/mol. The molecule has 1 atom stereocenters. The summed E-state index contributed by atoms with van der Waals surface area (Å²) in [5.41, 5.74) is 2.23. The van der Waals surface area contributed by atoms with Crippen molar-refractivity contribution in [2.75, 3.05) is 31.1 Å². The SMILES string of the molecule is Cc1cc(N2CCC3(CC2)CC(O)CN(CC2CC2)C3=O)c2cc(F)ccc2n1. The molecule has 2 aliphatic heterocycles. The molecule has 5 nitrogen and oxygen atoms in total. The second kappa shape index (κ2) is 6.94. The second-order valence-electron chi connectivity index (χ2n) is 9.22. The number of amides is 1. The number of hydrogen-bond donors (Lipinski definition) is 1. The van der Waals surface area contributed by atoms with Crippen LogP contribution in [0.5, 0.6) is 0 Å². The maximum Gasteiger partial charge on any atom is 0.229 e. The second-order valence-corrected chi connectivity index (χ2v) is 9.22. The number of likely N-dealkylation sites (tertiary alicyclic amines) is 1. The molecule has 1 spiro atoms. The van der Waals surface area contributed by atoms with Crippen molar-refractivity contribution in [1.82, 2.24) is 9.88 Å². The van der Waals surface area contributed by atoms with Crippen LogP contribution in [0, 0.1) is 24.1 Å². The minimum Gasteiger partial charge on any atom is -0.391 e. The molecule has 29 heavy (non-hydrogen) atoms. The molecule has 1 unspecified atom stereocenters. The summed E-state index contributed by atoms with van der Waals surface area (Å²) in [4.78, 5) is 22.0. The highest BCUT2D eigenvalue weighted by atomic mass is 19.1. The van der Waals surface area contributed by atoms with E-state index in [2.05, 4.69) is 9.88 Å². The Morgan fingerprint density at radius 3 is 2.72 bits per heavy atom. The van der Waals surface area contributed by atoms with Crippen molar-refractivity contribution < 1.29 is 14.3 Å². The van der Waals surface area contributed by atoms with Crippen LogP contribution < -0.4 is 4.90 Å². The third-order valence-corrected chi connectivity index (χ3v) is 6.91. The summed E-state index contributed by atoms with van der Waals surface area (Å²) >= 11 is 0. The van der Waals surface area contributed by atoms with Gasteiger partial charge in [0, 0.05) is 42.9 Å². The third-order valence-electron chi connectivity index (χ3n) is 6.91. The summed E-state index contributed by atoms with van der Waals surface area (Å²) in [6, 6.07) is 6.73. The van der Waals surface area contributed by atoms with Gasteiger partial charge < -0.3 is 14.9 Å². The number of carbonyl (C=O) groups is 1. The maximum absolute atomic E-state index is 13.9. The molecule has 1 aromatic heterocycles. The van der Waals surface area contributed by atoms with E-state index in [1.807, 2.05) is 17.9 Å². The van der Waals surface area contributed by atoms with E-state index >= 15 is 0 Å². The van der Waals surface area contributed by atoms with Crippen LogP contribution in [-0.2, 0) is 4.79 Å². The van der Waals surface area contributed by atoms with Crippen molar-refractivity contribution in [2.24, 2.45) is 11.3 Å². The number of aryl methyl sites for hydroxylation is 1. The van der Waals surface area contributed by atoms with Gasteiger partial charge in [-0.15, -0.1) is 0 Å². The Morgan fingerprint density at radius 2 is 2.00 bits per heavy atom. The minimum atomic E-state index is -0.452. The molecule has 6 heteroatoms. The number of pyridine rings is 1. The molecule has 1 N–H and O–H groups in total. The van der Waals surface area contributed by atoms with Gasteiger partial charge in [-0.2, -0.15) is 0 Å². The van der Waals surface area contributed by atoms with Crippen LogP contribution >= 0.6 is 0 Å². The summed E-state index contributed by atoms with van der Waals surface area (Å²) in [5, 5.41) is 11.3. The molecule has 1 amide bonds. The molecule has 1 aromatic carbocycles. The van der Waals surface area contributed by atoms with E-state index in [9.17, 15) is 14.3 Å². The molecule has 0 bridgehead atoms. The van der Waals surface area contributed by atoms with Gasteiger partial charge in [-0.3, -0.25) is 9.78 Å². The fourth-order valence-electron chi connectivity index (χ4n) is 5.21. The number of benzene rings is 1. The number of halogens is 1. The van der Waals surface area contributed by atoms with E-state index in [4.69, 9.17) is 0 Å². The lowest BCUT2D eigenvalue weighted by atomic mass is 9.70. The lowest BCUT2D eigenvalue weighted by Crippen LogP contribution is -2.58. The third kappa shape index (κ3) is 3.48. The molecule has 0 radical (unpaired) electrons. The summed E-state index contributed by atoms with van der Waals surface area (Å²) in [5.74, 6) is 0.595. The number of nitrogens with zero attached hydrogens (tertiary/aromatic N) is 3. The molecular formula is C23H28FN3O2. The molecule has 3 heterocycles. The Balaban J connectivity index is 1.39. The standard InChI is InChI=1S/C23H28FN3O2/c1-15-10-21(19-11-17(24)4-5-20(19)25-15)26-8-6-23(7-9-26)12-18(28)14-27(22(23)29)13-16-2-3-16/h4-5,10-11,16,18,28H,2-3,6-9,12-14H2,1H3. The summed E-state index contributed by atoms with van der Waals surface area (Å²) in [7, 11) is 0. The predicted molar refractivity (Wildman–Crippen MR) is 110 cm³/mol. The Bertz CT molecular complexity index is 949. The zero-order valence-corrected chi connectivity index (χ0v) is 16.9. The lowest BCUT2D eigenvalue weighted by Gasteiger charge is -2.48. The van der Waals surface area contributed by atoms with E-state index in [1.54, 1.807) is 12.1 Å². The smallest absolute Gasteiger partial charge is 0.229 e. The van der Waals surface area contributed by atoms with Crippen LogP contribution in [0.25, 0.3) is 10.9 Å². The van der Waals surface area contributed by atoms with Crippen molar-refractivity contribution >= 4 is 22.5 Å². The summed E-state index contributed by atoms with van der Waals surface area (Å²) in [6.45, 7) is 4.69. The minimum absolute atomic E-state index is 0.233. The fourth-order valence-corrected chi connectivity index (χ4v) is 5.21. The first kappa shape index (κ1) is 18.8. The van der Waals surface area contributed by atoms with Crippen LogP contribution in [0.15, 0.2) is 24.3 Å². The first-order chi connectivity index (χ1) is 13.9. The highest BCUT2D eigenvalue weighted by Gasteiger charge is 2.49. The van der Waals surface area contributed by atoms with Gasteiger partial charge in [0.2, 0.25) is 5.91 Å². The largest absolute Gasteiger partial charge is 0.391 e. The zero-order valence-electron chi connectivity index (χ0n) is 16.9. The van der Waals surface area contributed by atoms with Crippen molar-refractivity contribution in [3.05, 3.63) is 35.8 Å². The van der Waals surface area contributed by atoms with Gasteiger partial charge in [-0.25, -0.2) is 4.39 Å². The normalized spacial score (nSPS) is 24.5. The van der Waals surface area contributed by atoms with E-state index in [0.29, 0.717) is 18.9 Å². The number of piperidine rings is 2. The van der Waals surface area contributed by atoms with Crippen LogP contribution in [-0.4, -0.2) is 53.2 Å². The van der Waals surface area contributed by atoms with E-state index in [-0.39, 0.29) is 11.7 Å². The number of fused-ring (bicyclic) bond motifs is 1. The molecule has 2 aromatic rings. The molecule has 1 aliphatic carbocycles. The number of carbonyl (C=O) groups excluding carboxylic acids is 1. The maximum atomic E-state index is 13.9. The van der Waals surface area contributed by atoms with Crippen molar-refractivity contribution in [1.29, 1.82) is 0 Å². The number of β-amino-alcohol motifs (C(OH)–C–C–N with tert-alkyl or cyclic N) is 1. The molecule has 5 rings (SSSR count). The van der Waals surface area contributed by atoms with Crippen molar-refractivity contribution in [3.8, 4) is 0 Å². The average Bonchev–Trinajstić information content (AvgIpc) is 3.50. The lowest BCUT2D eigenvalue weighted by molar-refractivity contribution is -0.154. The molecule has 3 fully saturated rings. The number of anilines is 1. The number of rotatable bonds is 3. The monoisotopic (exact) mass is 397 g/mol. The number of hydrogen-bond acceptors (Lipinski definition) is 4. The molecule has 2 saturated heterocycles. The topological polar surface area (TPSA) is 56.7 Å². The van der Waals surface area contributed by atoms with Gasteiger partial charge in [0.15, 0.2) is 0 Å². The van der Waals surface area contributed by atoms with Gasteiger partial charge >= 0.3 is 0 Å². The van der Waals surface area contributed by atoms with Crippen LogP contribution in [0.1, 0.15) is 37.8 Å². The summed E-state index contributed by atoms with van der Waals surface area (Å²) < 4.78 is 13.9. The molecule has 3 aliphatic rings. The first-order valence-corrected chi connectivity index (χ1v) is 10.7. The Hall–Kier alpha value is -2.21. The summed E-state index contributed by atoms with van der Waals surface area (Å²) in [6.07, 6.45) is 3.98. The zero-order chi connectivity index (χ0) is 20.2. The highest BCUT2D eigenvalue weighted by molar-refractivity contribution is 5.92. The van der Waals surface area contributed by atoms with Crippen LogP contribution in [0.2, 0.25) is 0 Å². The van der Waals surface area contributed by atoms with E-state index in [1.165, 1.54) is 18.9 Å². The predicted octanol–water partition coefficient (Wildman–Crippen LogP) is 3.27. The molecule has 1 saturated carbocycles. The Kier molecular flexibility index (Phi) is 4.50. The van der Waals surface area contributed by atoms with Gasteiger partial charge in [0.25, 0.3) is 0 Å². The van der Waals surface area contributed by atoms with E-state index < -0.39 is 11.5 Å². The van der Waals surface area contributed by atoms with Gasteiger partial charge in [0.1, 0.15) is 5.82 Å². The van der Waals surface area contributed by atoms with Crippen molar-refractivity contribution in [3.63, 3.8) is 0 Å². The first-order valence-electron chi connectivity index (χ1n) is 10.7. The highest BCUT2D eigenvalue weighted by Crippen LogP contribution is 2.44. The number of aliphatic hydroxyl groups excluding tert-OH is 1. The Morgan fingerprint density at radius 1 is 1.24 bits per heavy atom. The fraction of sp³-hybridized carbons (Fsp3) is 0.565. The van der Waals surface area contributed by atoms with Crippen LogP contribution in [0.4, 0.5) is 10.1 Å². The Labute approximate surface area is 170 Å². The van der Waals surface area contributed by atoms with Crippen LogP contribution in [0.3, 0.4) is 0 Å². The molecular weight excluding hydrogens is 369 g/mol. The van der Waals surface area contributed by atoms with E-state index in [0.717, 1.165) is 54.8 Å². The number of aliphatic hydroxyl groups is 1. The van der Waals surface area contributed by atoms with Gasteiger partial charge in [0.05, 0.1) is 17.0 Å².